The molecule has 1 aromatic carbocycles. The molecule has 0 radical (unpaired) electrons. The molecular formula is C15H22N2. The first-order valence-electron chi connectivity index (χ1n) is 6.91. The summed E-state index contributed by atoms with van der Waals surface area (Å²) in [5.74, 6) is 0.824. The van der Waals surface area contributed by atoms with Crippen molar-refractivity contribution >= 4 is 5.69 Å². The Labute approximate surface area is 104 Å². The lowest BCUT2D eigenvalue weighted by Crippen LogP contribution is -2.30. The van der Waals surface area contributed by atoms with Crippen molar-refractivity contribution in [3.63, 3.8) is 0 Å². The lowest BCUT2D eigenvalue weighted by Gasteiger charge is -2.29. The molecule has 0 aromatic heterocycles. The molecule has 1 atom stereocenters. The molecule has 2 heteroatoms. The van der Waals surface area contributed by atoms with Crippen LogP contribution in [0.5, 0.6) is 0 Å². The zero-order valence-electron chi connectivity index (χ0n) is 10.5. The maximum absolute atomic E-state index is 6.10. The first kappa shape index (κ1) is 11.1. The highest BCUT2D eigenvalue weighted by Gasteiger charge is 2.23. The Morgan fingerprint density at radius 2 is 2.06 bits per heavy atom. The van der Waals surface area contributed by atoms with Crippen LogP contribution in [-0.2, 0) is 12.8 Å². The molecule has 17 heavy (non-hydrogen) atoms. The van der Waals surface area contributed by atoms with E-state index in [2.05, 4.69) is 23.1 Å². The van der Waals surface area contributed by atoms with Crippen LogP contribution in [0.25, 0.3) is 0 Å². The predicted octanol–water partition coefficient (Wildman–Crippen LogP) is 2.47. The van der Waals surface area contributed by atoms with Crippen LogP contribution in [0.3, 0.4) is 0 Å². The van der Waals surface area contributed by atoms with Crippen LogP contribution in [0.1, 0.15) is 30.4 Å². The molecule has 1 heterocycles. The van der Waals surface area contributed by atoms with E-state index in [4.69, 9.17) is 5.73 Å². The molecule has 1 saturated heterocycles. The summed E-state index contributed by atoms with van der Waals surface area (Å²) in [5.41, 5.74) is 10.0. The van der Waals surface area contributed by atoms with E-state index in [1.54, 1.807) is 0 Å². The zero-order valence-corrected chi connectivity index (χ0v) is 10.5. The Morgan fingerprint density at radius 3 is 2.88 bits per heavy atom. The third-order valence-corrected chi connectivity index (χ3v) is 4.34. The summed E-state index contributed by atoms with van der Waals surface area (Å²) in [6.45, 7) is 3.91. The number of nitrogens with two attached hydrogens (primary N) is 1. The second-order valence-electron chi connectivity index (χ2n) is 5.60. The predicted molar refractivity (Wildman–Crippen MR) is 72.0 cm³/mol. The van der Waals surface area contributed by atoms with Crippen molar-refractivity contribution in [3.8, 4) is 0 Å². The summed E-state index contributed by atoms with van der Waals surface area (Å²) in [5, 5.41) is 0. The van der Waals surface area contributed by atoms with Crippen LogP contribution in [0.2, 0.25) is 0 Å². The first-order valence-corrected chi connectivity index (χ1v) is 6.91. The fourth-order valence-electron chi connectivity index (χ4n) is 3.37. The highest BCUT2D eigenvalue weighted by atomic mass is 15.1. The van der Waals surface area contributed by atoms with Gasteiger partial charge in [0, 0.05) is 12.2 Å². The largest absolute Gasteiger partial charge is 0.398 e. The number of hydrogen-bond donors (Lipinski definition) is 1. The van der Waals surface area contributed by atoms with E-state index in [1.807, 2.05) is 0 Å². The molecule has 2 nitrogen and oxygen atoms in total. The van der Waals surface area contributed by atoms with Crippen molar-refractivity contribution in [2.45, 2.75) is 32.1 Å². The molecule has 92 valence electrons. The van der Waals surface area contributed by atoms with E-state index in [-0.39, 0.29) is 0 Å². The van der Waals surface area contributed by atoms with Gasteiger partial charge in [0.15, 0.2) is 0 Å². The van der Waals surface area contributed by atoms with Crippen molar-refractivity contribution in [1.29, 1.82) is 0 Å². The van der Waals surface area contributed by atoms with Crippen molar-refractivity contribution in [2.24, 2.45) is 5.92 Å². The maximum Gasteiger partial charge on any atom is 0.0349 e. The van der Waals surface area contributed by atoms with Crippen molar-refractivity contribution in [3.05, 3.63) is 29.3 Å². The summed E-state index contributed by atoms with van der Waals surface area (Å²) in [6.07, 6.45) is 6.54. The highest BCUT2D eigenvalue weighted by Crippen LogP contribution is 2.30. The van der Waals surface area contributed by atoms with E-state index in [1.165, 1.54) is 62.9 Å². The molecule has 1 aliphatic carbocycles. The lowest BCUT2D eigenvalue weighted by atomic mass is 9.83. The molecule has 1 fully saturated rings. The molecule has 0 spiro atoms. The van der Waals surface area contributed by atoms with Crippen LogP contribution in [-0.4, -0.2) is 24.5 Å². The molecule has 3 rings (SSSR count). The standard InChI is InChI=1S/C15H22N2/c16-15-5-3-4-13-7-6-12(10-14(13)15)11-17-8-1-2-9-17/h3-5,12H,1-2,6-11,16H2. The summed E-state index contributed by atoms with van der Waals surface area (Å²) in [7, 11) is 0. The molecule has 1 aromatic rings. The molecular weight excluding hydrogens is 208 g/mol. The minimum Gasteiger partial charge on any atom is -0.398 e. The number of hydrogen-bond acceptors (Lipinski definition) is 2. The van der Waals surface area contributed by atoms with Gasteiger partial charge in [-0.05, 0) is 68.3 Å². The first-order chi connectivity index (χ1) is 8.33. The Bertz CT molecular complexity index is 394. The lowest BCUT2D eigenvalue weighted by molar-refractivity contribution is 0.262. The fraction of sp³-hybridized carbons (Fsp3) is 0.600. The molecule has 0 saturated carbocycles. The average Bonchev–Trinajstić information content (AvgIpc) is 2.83. The van der Waals surface area contributed by atoms with Gasteiger partial charge in [-0.1, -0.05) is 12.1 Å². The average molecular weight is 230 g/mol. The van der Waals surface area contributed by atoms with Crippen LogP contribution < -0.4 is 5.73 Å². The van der Waals surface area contributed by atoms with Gasteiger partial charge < -0.3 is 10.6 Å². The molecule has 2 aliphatic rings. The van der Waals surface area contributed by atoms with Crippen molar-refractivity contribution in [1.82, 2.24) is 4.90 Å². The Morgan fingerprint density at radius 1 is 1.24 bits per heavy atom. The summed E-state index contributed by atoms with van der Waals surface area (Å²) in [6, 6.07) is 6.39. The number of fused-ring (bicyclic) bond motifs is 1. The van der Waals surface area contributed by atoms with Crippen LogP contribution in [0.4, 0.5) is 5.69 Å². The number of nitrogens with zero attached hydrogens (tertiary/aromatic N) is 1. The number of aryl methyl sites for hydroxylation is 1. The minimum atomic E-state index is 0.824. The van der Waals surface area contributed by atoms with Gasteiger partial charge in [-0.15, -0.1) is 0 Å². The van der Waals surface area contributed by atoms with Gasteiger partial charge in [-0.2, -0.15) is 0 Å². The van der Waals surface area contributed by atoms with E-state index in [0.717, 1.165) is 11.6 Å². The van der Waals surface area contributed by atoms with Gasteiger partial charge in [-0.3, -0.25) is 0 Å². The smallest absolute Gasteiger partial charge is 0.0349 e. The third kappa shape index (κ3) is 2.32. The van der Waals surface area contributed by atoms with E-state index in [9.17, 15) is 0 Å². The van der Waals surface area contributed by atoms with Crippen LogP contribution in [0.15, 0.2) is 18.2 Å². The highest BCUT2D eigenvalue weighted by molar-refractivity contribution is 5.52. The van der Waals surface area contributed by atoms with Gasteiger partial charge in [0.05, 0.1) is 0 Å². The van der Waals surface area contributed by atoms with Gasteiger partial charge in [0.2, 0.25) is 0 Å². The van der Waals surface area contributed by atoms with Gasteiger partial charge in [0.1, 0.15) is 0 Å². The van der Waals surface area contributed by atoms with Gasteiger partial charge in [0.25, 0.3) is 0 Å². The van der Waals surface area contributed by atoms with E-state index < -0.39 is 0 Å². The summed E-state index contributed by atoms with van der Waals surface area (Å²) in [4.78, 5) is 2.63. The zero-order chi connectivity index (χ0) is 11.7. The number of nitrogen functional groups attached to an aromatic ring is 1. The molecule has 0 amide bonds. The molecule has 1 aliphatic heterocycles. The number of likely N-dealkylation sites (tertiary alicyclic amines) is 1. The topological polar surface area (TPSA) is 29.3 Å². The van der Waals surface area contributed by atoms with Crippen LogP contribution in [0, 0.1) is 5.92 Å². The van der Waals surface area contributed by atoms with Crippen LogP contribution >= 0.6 is 0 Å². The Hall–Kier alpha value is -1.02. The fourth-order valence-corrected chi connectivity index (χ4v) is 3.37. The number of benzene rings is 1. The summed E-state index contributed by atoms with van der Waals surface area (Å²) < 4.78 is 0. The second kappa shape index (κ2) is 4.69. The Balaban J connectivity index is 1.69. The maximum atomic E-state index is 6.10. The number of rotatable bonds is 2. The van der Waals surface area contributed by atoms with Gasteiger partial charge >= 0.3 is 0 Å². The number of anilines is 1. The summed E-state index contributed by atoms with van der Waals surface area (Å²) >= 11 is 0. The van der Waals surface area contributed by atoms with E-state index >= 15 is 0 Å². The van der Waals surface area contributed by atoms with Gasteiger partial charge in [-0.25, -0.2) is 0 Å². The molecule has 0 bridgehead atoms. The third-order valence-electron chi connectivity index (χ3n) is 4.34. The second-order valence-corrected chi connectivity index (χ2v) is 5.60. The van der Waals surface area contributed by atoms with E-state index in [0.29, 0.717) is 0 Å². The molecule has 2 N–H and O–H groups in total. The Kier molecular flexibility index (Phi) is 3.06. The van der Waals surface area contributed by atoms with Crippen molar-refractivity contribution in [2.75, 3.05) is 25.4 Å². The monoisotopic (exact) mass is 230 g/mol. The normalized spacial score (nSPS) is 24.8. The minimum absolute atomic E-state index is 0.824. The molecule has 1 unspecified atom stereocenters. The SMILES string of the molecule is Nc1cccc2c1CC(CN1CCCC1)CC2. The quantitative estimate of drug-likeness (QED) is 0.791. The van der Waals surface area contributed by atoms with Crippen molar-refractivity contribution < 1.29 is 0 Å².